The van der Waals surface area contributed by atoms with Gasteiger partial charge in [0.1, 0.15) is 0 Å². The van der Waals surface area contributed by atoms with Gasteiger partial charge in [0, 0.05) is 18.9 Å². The molecule has 0 amide bonds. The van der Waals surface area contributed by atoms with E-state index in [-0.39, 0.29) is 6.17 Å². The maximum absolute atomic E-state index is 10.2. The van der Waals surface area contributed by atoms with Crippen molar-refractivity contribution < 1.29 is 4.79 Å². The monoisotopic (exact) mass is 126 g/mol. The minimum atomic E-state index is -0.130. The highest BCUT2D eigenvalue weighted by atomic mass is 16.1. The van der Waals surface area contributed by atoms with E-state index in [1.807, 2.05) is 18.0 Å². The van der Waals surface area contributed by atoms with Gasteiger partial charge in [-0.3, -0.25) is 4.79 Å². The van der Waals surface area contributed by atoms with E-state index in [2.05, 4.69) is 5.32 Å². The van der Waals surface area contributed by atoms with Gasteiger partial charge in [0.05, 0.1) is 0 Å². The van der Waals surface area contributed by atoms with Gasteiger partial charge in [-0.1, -0.05) is 0 Å². The zero-order valence-corrected chi connectivity index (χ0v) is 5.37. The van der Waals surface area contributed by atoms with Crippen molar-refractivity contribution in [2.45, 2.75) is 13.1 Å². The number of carbonyl (C=O) groups excluding carboxylic acids is 1. The average Bonchev–Trinajstić information content (AvgIpc) is 2.33. The topological polar surface area (TPSA) is 32.3 Å². The number of rotatable bonds is 2. The number of likely N-dealkylation sites (N-methyl/N-ethyl adjacent to an activating group) is 1. The van der Waals surface area contributed by atoms with Gasteiger partial charge in [-0.05, 0) is 6.92 Å². The van der Waals surface area contributed by atoms with E-state index >= 15 is 0 Å². The summed E-state index contributed by atoms with van der Waals surface area (Å²) in [6.07, 6.45) is 4.42. The van der Waals surface area contributed by atoms with Crippen molar-refractivity contribution in [1.82, 2.24) is 10.2 Å². The predicted octanol–water partition coefficient (Wildman–Crippen LogP) is -0.0923. The Labute approximate surface area is 54.3 Å². The minimum Gasteiger partial charge on any atom is -0.364 e. The van der Waals surface area contributed by atoms with Crippen LogP contribution in [-0.4, -0.2) is 23.9 Å². The van der Waals surface area contributed by atoms with Gasteiger partial charge in [0.15, 0.2) is 12.5 Å². The first-order chi connectivity index (χ1) is 4.38. The fourth-order valence-electron chi connectivity index (χ4n) is 0.845. The van der Waals surface area contributed by atoms with Crippen LogP contribution in [0.4, 0.5) is 0 Å². The van der Waals surface area contributed by atoms with Crippen LogP contribution >= 0.6 is 0 Å². The number of aldehydes is 1. The number of nitrogens with zero attached hydrogens (tertiary/aromatic N) is 1. The quantitative estimate of drug-likeness (QED) is 0.525. The van der Waals surface area contributed by atoms with Crippen LogP contribution in [0.5, 0.6) is 0 Å². The van der Waals surface area contributed by atoms with E-state index < -0.39 is 0 Å². The van der Waals surface area contributed by atoms with Gasteiger partial charge in [-0.15, -0.1) is 0 Å². The van der Waals surface area contributed by atoms with Crippen molar-refractivity contribution in [2.75, 3.05) is 6.54 Å². The molecule has 3 nitrogen and oxygen atoms in total. The third-order valence-electron chi connectivity index (χ3n) is 1.38. The molecule has 3 heteroatoms. The van der Waals surface area contributed by atoms with Crippen LogP contribution in [-0.2, 0) is 4.79 Å². The molecule has 0 aromatic rings. The second-order valence-electron chi connectivity index (χ2n) is 1.89. The Balaban J connectivity index is 2.48. The second kappa shape index (κ2) is 2.53. The Kier molecular flexibility index (Phi) is 1.72. The van der Waals surface area contributed by atoms with Gasteiger partial charge >= 0.3 is 0 Å². The van der Waals surface area contributed by atoms with Gasteiger partial charge in [0.2, 0.25) is 0 Å². The first-order valence-corrected chi connectivity index (χ1v) is 3.02. The molecule has 0 bridgehead atoms. The first kappa shape index (κ1) is 6.13. The third kappa shape index (κ3) is 1.04. The van der Waals surface area contributed by atoms with Crippen LogP contribution in [0.1, 0.15) is 6.92 Å². The zero-order chi connectivity index (χ0) is 6.69. The van der Waals surface area contributed by atoms with Gasteiger partial charge < -0.3 is 10.2 Å². The molecule has 1 heterocycles. The van der Waals surface area contributed by atoms with Crippen molar-refractivity contribution in [3.8, 4) is 0 Å². The number of carbonyl (C=O) groups is 1. The molecule has 0 radical (unpaired) electrons. The van der Waals surface area contributed by atoms with Crippen LogP contribution in [0.2, 0.25) is 0 Å². The lowest BCUT2D eigenvalue weighted by molar-refractivity contribution is -0.111. The SMILES string of the molecule is CCN1C=CNC1C=O. The molecule has 1 aliphatic rings. The van der Waals surface area contributed by atoms with Crippen LogP contribution in [0.25, 0.3) is 0 Å². The van der Waals surface area contributed by atoms with Crippen LogP contribution < -0.4 is 5.32 Å². The molecule has 50 valence electrons. The van der Waals surface area contributed by atoms with Crippen molar-refractivity contribution in [1.29, 1.82) is 0 Å². The summed E-state index contributed by atoms with van der Waals surface area (Å²) in [6.45, 7) is 2.88. The van der Waals surface area contributed by atoms with Gasteiger partial charge in [-0.2, -0.15) is 0 Å². The van der Waals surface area contributed by atoms with E-state index in [1.165, 1.54) is 0 Å². The summed E-state index contributed by atoms with van der Waals surface area (Å²) in [5, 5.41) is 2.88. The average molecular weight is 126 g/mol. The zero-order valence-electron chi connectivity index (χ0n) is 5.37. The summed E-state index contributed by atoms with van der Waals surface area (Å²) in [5.41, 5.74) is 0. The molecular formula is C6H10N2O. The van der Waals surface area contributed by atoms with Gasteiger partial charge in [-0.25, -0.2) is 0 Å². The van der Waals surface area contributed by atoms with E-state index in [1.54, 1.807) is 6.20 Å². The number of hydrogen-bond donors (Lipinski definition) is 1. The molecule has 0 aromatic carbocycles. The fourth-order valence-corrected chi connectivity index (χ4v) is 0.845. The lowest BCUT2D eigenvalue weighted by Gasteiger charge is -2.17. The lowest BCUT2D eigenvalue weighted by atomic mass is 10.5. The van der Waals surface area contributed by atoms with Crippen molar-refractivity contribution in [2.24, 2.45) is 0 Å². The fraction of sp³-hybridized carbons (Fsp3) is 0.500. The maximum atomic E-state index is 10.2. The van der Waals surface area contributed by atoms with E-state index in [0.717, 1.165) is 12.8 Å². The van der Waals surface area contributed by atoms with Crippen LogP contribution in [0, 0.1) is 0 Å². The molecule has 0 saturated carbocycles. The van der Waals surface area contributed by atoms with E-state index in [9.17, 15) is 4.79 Å². The molecule has 1 N–H and O–H groups in total. The molecule has 0 aromatic heterocycles. The molecule has 0 saturated heterocycles. The molecule has 1 unspecified atom stereocenters. The standard InChI is InChI=1S/C6H10N2O/c1-2-8-4-3-7-6(8)5-9/h3-7H,2H2,1H3. The van der Waals surface area contributed by atoms with Crippen LogP contribution in [0.15, 0.2) is 12.4 Å². The molecule has 0 fully saturated rings. The molecular weight excluding hydrogens is 116 g/mol. The molecule has 9 heavy (non-hydrogen) atoms. The van der Waals surface area contributed by atoms with Crippen molar-refractivity contribution in [3.63, 3.8) is 0 Å². The Hall–Kier alpha value is -0.990. The Bertz CT molecular complexity index is 133. The third-order valence-corrected chi connectivity index (χ3v) is 1.38. The van der Waals surface area contributed by atoms with E-state index in [4.69, 9.17) is 0 Å². The first-order valence-electron chi connectivity index (χ1n) is 3.02. The molecule has 1 rings (SSSR count). The second-order valence-corrected chi connectivity index (χ2v) is 1.89. The van der Waals surface area contributed by atoms with Crippen LogP contribution in [0.3, 0.4) is 0 Å². The van der Waals surface area contributed by atoms with Crippen molar-refractivity contribution >= 4 is 6.29 Å². The highest BCUT2D eigenvalue weighted by molar-refractivity contribution is 5.58. The summed E-state index contributed by atoms with van der Waals surface area (Å²) >= 11 is 0. The number of nitrogens with one attached hydrogen (secondary N) is 1. The Morgan fingerprint density at radius 1 is 1.89 bits per heavy atom. The van der Waals surface area contributed by atoms with E-state index in [0.29, 0.717) is 0 Å². The summed E-state index contributed by atoms with van der Waals surface area (Å²) in [6, 6.07) is 0. The van der Waals surface area contributed by atoms with Gasteiger partial charge in [0.25, 0.3) is 0 Å². The minimum absolute atomic E-state index is 0.130. The molecule has 0 spiro atoms. The Morgan fingerprint density at radius 2 is 2.67 bits per heavy atom. The molecule has 1 aliphatic heterocycles. The predicted molar refractivity (Wildman–Crippen MR) is 34.5 cm³/mol. The highest BCUT2D eigenvalue weighted by Gasteiger charge is 2.13. The largest absolute Gasteiger partial charge is 0.364 e. The lowest BCUT2D eigenvalue weighted by Crippen LogP contribution is -2.36. The molecule has 1 atom stereocenters. The number of hydrogen-bond acceptors (Lipinski definition) is 3. The Morgan fingerprint density at radius 3 is 3.11 bits per heavy atom. The summed E-state index contributed by atoms with van der Waals surface area (Å²) in [7, 11) is 0. The normalized spacial score (nSPS) is 24.1. The summed E-state index contributed by atoms with van der Waals surface area (Å²) < 4.78 is 0. The summed E-state index contributed by atoms with van der Waals surface area (Å²) in [4.78, 5) is 12.2. The highest BCUT2D eigenvalue weighted by Crippen LogP contribution is 1.99. The smallest absolute Gasteiger partial charge is 0.162 e. The maximum Gasteiger partial charge on any atom is 0.162 e. The van der Waals surface area contributed by atoms with Crippen molar-refractivity contribution in [3.05, 3.63) is 12.4 Å². The summed E-state index contributed by atoms with van der Waals surface area (Å²) in [5.74, 6) is 0. The molecule has 0 aliphatic carbocycles.